The van der Waals surface area contributed by atoms with E-state index in [1.807, 2.05) is 18.2 Å². The Morgan fingerprint density at radius 2 is 2.11 bits per heavy atom. The molecule has 3 nitrogen and oxygen atoms in total. The van der Waals surface area contributed by atoms with E-state index in [2.05, 4.69) is 20.9 Å². The molecule has 19 heavy (non-hydrogen) atoms. The van der Waals surface area contributed by atoms with Gasteiger partial charge in [0, 0.05) is 11.8 Å². The molecule has 0 bridgehead atoms. The molecule has 0 amide bonds. The maximum absolute atomic E-state index is 6.06. The molecule has 0 N–H and O–H groups in total. The van der Waals surface area contributed by atoms with Crippen LogP contribution in [0, 0.1) is 0 Å². The van der Waals surface area contributed by atoms with Gasteiger partial charge in [0.25, 0.3) is 0 Å². The van der Waals surface area contributed by atoms with Gasteiger partial charge in [-0.3, -0.25) is 0 Å². The molecule has 100 valence electrons. The lowest BCUT2D eigenvalue weighted by molar-refractivity contribution is 0.282. The molecule has 0 atom stereocenters. The van der Waals surface area contributed by atoms with E-state index in [1.165, 1.54) is 0 Å². The molecule has 0 radical (unpaired) electrons. The maximum Gasteiger partial charge on any atom is 0.175 e. The molecule has 0 saturated heterocycles. The Morgan fingerprint density at radius 1 is 1.32 bits per heavy atom. The molecule has 2 rings (SSSR count). The molecule has 6 heteroatoms. The summed E-state index contributed by atoms with van der Waals surface area (Å²) < 4.78 is 11.8. The highest BCUT2D eigenvalue weighted by molar-refractivity contribution is 9.10. The molecule has 1 heterocycles. The number of benzene rings is 1. The number of pyridine rings is 1. The first-order chi connectivity index (χ1) is 9.11. The second-order valence-electron chi connectivity index (χ2n) is 3.66. The van der Waals surface area contributed by atoms with Crippen LogP contribution in [-0.4, -0.2) is 12.1 Å². The van der Waals surface area contributed by atoms with Gasteiger partial charge in [0.2, 0.25) is 0 Å². The van der Waals surface area contributed by atoms with Gasteiger partial charge in [0.15, 0.2) is 11.5 Å². The summed E-state index contributed by atoms with van der Waals surface area (Å²) in [6, 6.07) is 7.15. The number of hydrogen-bond donors (Lipinski definition) is 0. The second-order valence-corrected chi connectivity index (χ2v) is 5.31. The number of rotatable bonds is 4. The van der Waals surface area contributed by atoms with E-state index in [1.54, 1.807) is 19.4 Å². The van der Waals surface area contributed by atoms with E-state index < -0.39 is 0 Å². The molecule has 0 aliphatic rings. The molecule has 1 aromatic carbocycles. The van der Waals surface area contributed by atoms with Crippen molar-refractivity contribution in [3.8, 4) is 11.5 Å². The minimum Gasteiger partial charge on any atom is -0.493 e. The number of aromatic nitrogens is 1. The van der Waals surface area contributed by atoms with Crippen LogP contribution in [0.5, 0.6) is 11.5 Å². The summed E-state index contributed by atoms with van der Waals surface area (Å²) in [5.41, 5.74) is 0.754. The van der Waals surface area contributed by atoms with Crippen LogP contribution in [0.3, 0.4) is 0 Å². The normalized spacial score (nSPS) is 10.3. The van der Waals surface area contributed by atoms with Crippen LogP contribution in [-0.2, 0) is 6.61 Å². The molecule has 0 aliphatic carbocycles. The average molecular weight is 363 g/mol. The first-order valence-corrected chi connectivity index (χ1v) is 6.92. The van der Waals surface area contributed by atoms with Gasteiger partial charge >= 0.3 is 0 Å². The van der Waals surface area contributed by atoms with Crippen molar-refractivity contribution < 1.29 is 9.47 Å². The summed E-state index contributed by atoms with van der Waals surface area (Å²) in [6.07, 6.45) is 1.59. The van der Waals surface area contributed by atoms with Crippen molar-refractivity contribution >= 4 is 39.1 Å². The van der Waals surface area contributed by atoms with E-state index >= 15 is 0 Å². The van der Waals surface area contributed by atoms with Crippen LogP contribution in [0.2, 0.25) is 10.2 Å². The summed E-state index contributed by atoms with van der Waals surface area (Å²) in [6.45, 7) is 0.280. The van der Waals surface area contributed by atoms with Crippen molar-refractivity contribution in [1.29, 1.82) is 0 Å². The van der Waals surface area contributed by atoms with E-state index in [4.69, 9.17) is 32.7 Å². The van der Waals surface area contributed by atoms with Crippen molar-refractivity contribution in [3.05, 3.63) is 50.7 Å². The molecular weight excluding hydrogens is 353 g/mol. The monoisotopic (exact) mass is 361 g/mol. The van der Waals surface area contributed by atoms with E-state index in [9.17, 15) is 0 Å². The van der Waals surface area contributed by atoms with Crippen molar-refractivity contribution in [3.63, 3.8) is 0 Å². The molecule has 0 saturated carbocycles. The minimum atomic E-state index is 0.280. The van der Waals surface area contributed by atoms with Crippen molar-refractivity contribution in [1.82, 2.24) is 4.98 Å². The third kappa shape index (κ3) is 3.53. The SMILES string of the molecule is COc1cccc(Br)c1OCc1cnc(Cl)cc1Cl. The van der Waals surface area contributed by atoms with Gasteiger partial charge in [-0.25, -0.2) is 4.98 Å². The Labute approximate surface area is 129 Å². The van der Waals surface area contributed by atoms with Gasteiger partial charge < -0.3 is 9.47 Å². The lowest BCUT2D eigenvalue weighted by Gasteiger charge is -2.12. The summed E-state index contributed by atoms with van der Waals surface area (Å²) in [5, 5.41) is 0.873. The summed E-state index contributed by atoms with van der Waals surface area (Å²) in [7, 11) is 1.59. The third-order valence-corrected chi connectivity index (χ3v) is 3.60. The van der Waals surface area contributed by atoms with Crippen LogP contribution < -0.4 is 9.47 Å². The van der Waals surface area contributed by atoms with Crippen molar-refractivity contribution in [2.75, 3.05) is 7.11 Å². The smallest absolute Gasteiger partial charge is 0.175 e. The highest BCUT2D eigenvalue weighted by Gasteiger charge is 2.10. The van der Waals surface area contributed by atoms with Gasteiger partial charge in [0.1, 0.15) is 11.8 Å². The topological polar surface area (TPSA) is 31.4 Å². The Balaban J connectivity index is 2.19. The largest absolute Gasteiger partial charge is 0.493 e. The standard InChI is InChI=1S/C13H10BrCl2NO2/c1-18-11-4-2-3-9(14)13(11)19-7-8-6-17-12(16)5-10(8)15/h2-6H,7H2,1H3. The molecule has 0 spiro atoms. The molecule has 0 unspecified atom stereocenters. The highest BCUT2D eigenvalue weighted by atomic mass is 79.9. The van der Waals surface area contributed by atoms with Gasteiger partial charge in [0.05, 0.1) is 16.6 Å². The van der Waals surface area contributed by atoms with Crippen LogP contribution >= 0.6 is 39.1 Å². The molecule has 2 aromatic rings. The zero-order chi connectivity index (χ0) is 13.8. The third-order valence-electron chi connectivity index (χ3n) is 2.42. The Bertz CT molecular complexity index is 593. The number of halogens is 3. The number of ether oxygens (including phenoxy) is 2. The number of hydrogen-bond acceptors (Lipinski definition) is 3. The summed E-state index contributed by atoms with van der Waals surface area (Å²) >= 11 is 15.2. The molecule has 0 aliphatic heterocycles. The number of para-hydroxylation sites is 1. The first-order valence-electron chi connectivity index (χ1n) is 5.37. The summed E-state index contributed by atoms with van der Waals surface area (Å²) in [4.78, 5) is 3.98. The first kappa shape index (κ1) is 14.4. The van der Waals surface area contributed by atoms with E-state index in [0.717, 1.165) is 10.0 Å². The fourth-order valence-corrected chi connectivity index (χ4v) is 2.36. The zero-order valence-electron chi connectivity index (χ0n) is 9.99. The maximum atomic E-state index is 6.06. The highest BCUT2D eigenvalue weighted by Crippen LogP contribution is 2.35. The molecule has 1 aromatic heterocycles. The molecular formula is C13H10BrCl2NO2. The van der Waals surface area contributed by atoms with Gasteiger partial charge in [-0.15, -0.1) is 0 Å². The van der Waals surface area contributed by atoms with Crippen molar-refractivity contribution in [2.24, 2.45) is 0 Å². The number of methoxy groups -OCH3 is 1. The summed E-state index contributed by atoms with van der Waals surface area (Å²) in [5.74, 6) is 1.27. The minimum absolute atomic E-state index is 0.280. The second kappa shape index (κ2) is 6.46. The predicted octanol–water partition coefficient (Wildman–Crippen LogP) is 4.74. The zero-order valence-corrected chi connectivity index (χ0v) is 13.1. The Morgan fingerprint density at radius 3 is 2.79 bits per heavy atom. The van der Waals surface area contributed by atoms with Crippen molar-refractivity contribution in [2.45, 2.75) is 6.61 Å². The lowest BCUT2D eigenvalue weighted by Crippen LogP contribution is -1.99. The average Bonchev–Trinajstić information content (AvgIpc) is 2.39. The predicted molar refractivity (Wildman–Crippen MR) is 79.3 cm³/mol. The Kier molecular flexibility index (Phi) is 4.91. The van der Waals surface area contributed by atoms with E-state index in [-0.39, 0.29) is 6.61 Å². The van der Waals surface area contributed by atoms with E-state index in [0.29, 0.717) is 21.7 Å². The number of nitrogens with zero attached hydrogens (tertiary/aromatic N) is 1. The quantitative estimate of drug-likeness (QED) is 0.736. The van der Waals surface area contributed by atoms with Crippen LogP contribution in [0.25, 0.3) is 0 Å². The lowest BCUT2D eigenvalue weighted by atomic mass is 10.3. The fourth-order valence-electron chi connectivity index (χ4n) is 1.48. The van der Waals surface area contributed by atoms with Crippen LogP contribution in [0.15, 0.2) is 34.9 Å². The fraction of sp³-hybridized carbons (Fsp3) is 0.154. The van der Waals surface area contributed by atoms with Gasteiger partial charge in [-0.05, 0) is 34.1 Å². The van der Waals surface area contributed by atoms with Crippen LogP contribution in [0.1, 0.15) is 5.56 Å². The Hall–Kier alpha value is -0.970. The molecule has 0 fully saturated rings. The van der Waals surface area contributed by atoms with Gasteiger partial charge in [-0.1, -0.05) is 29.3 Å². The van der Waals surface area contributed by atoms with Gasteiger partial charge in [-0.2, -0.15) is 0 Å². The van der Waals surface area contributed by atoms with Crippen LogP contribution in [0.4, 0.5) is 0 Å².